The fourth-order valence-electron chi connectivity index (χ4n) is 2.45. The summed E-state index contributed by atoms with van der Waals surface area (Å²) in [6, 6.07) is 12.5. The van der Waals surface area contributed by atoms with Crippen LogP contribution in [-0.2, 0) is 18.2 Å². The summed E-state index contributed by atoms with van der Waals surface area (Å²) in [6.45, 7) is 0. The lowest BCUT2D eigenvalue weighted by Crippen LogP contribution is -1.89. The number of benzene rings is 2. The minimum atomic E-state index is 0.840. The van der Waals surface area contributed by atoms with Crippen molar-refractivity contribution < 1.29 is 4.74 Å². The first-order valence-electron chi connectivity index (χ1n) is 6.40. The first-order valence-corrected chi connectivity index (χ1v) is 8.32. The number of fused-ring (bicyclic) bond motifs is 1. The maximum Gasteiger partial charge on any atom is 0.128 e. The van der Waals surface area contributed by atoms with E-state index < -0.39 is 0 Å². The van der Waals surface area contributed by atoms with Crippen molar-refractivity contribution in [1.29, 1.82) is 0 Å². The third-order valence-electron chi connectivity index (χ3n) is 3.47. The summed E-state index contributed by atoms with van der Waals surface area (Å²) in [7, 11) is 0. The molecule has 0 aromatic heterocycles. The van der Waals surface area contributed by atoms with Gasteiger partial charge in [0.25, 0.3) is 0 Å². The zero-order chi connectivity index (χ0) is 13.2. The predicted octanol–water partition coefficient (Wildman–Crippen LogP) is 5.63. The first kappa shape index (κ1) is 13.2. The van der Waals surface area contributed by atoms with Gasteiger partial charge in [-0.2, -0.15) is 0 Å². The molecular weight excluding hydrogens is 368 g/mol. The maximum atomic E-state index is 5.94. The minimum absolute atomic E-state index is 0.840. The Morgan fingerprint density at radius 2 is 1.68 bits per heavy atom. The molecule has 0 spiro atoms. The second kappa shape index (κ2) is 5.68. The highest BCUT2D eigenvalue weighted by atomic mass is 79.9. The van der Waals surface area contributed by atoms with Crippen LogP contribution in [0.1, 0.15) is 23.1 Å². The summed E-state index contributed by atoms with van der Waals surface area (Å²) in [5.74, 6) is 1.80. The molecular formula is C16H14Br2O. The van der Waals surface area contributed by atoms with Crippen molar-refractivity contribution in [1.82, 2.24) is 0 Å². The molecule has 1 aliphatic rings. The Morgan fingerprint density at radius 1 is 0.947 bits per heavy atom. The van der Waals surface area contributed by atoms with Crippen LogP contribution >= 0.6 is 31.9 Å². The van der Waals surface area contributed by atoms with E-state index in [4.69, 9.17) is 4.74 Å². The SMILES string of the molecule is BrCc1ccc(Oc2ccc3c(c2)CCC3)cc1Br. The van der Waals surface area contributed by atoms with Crippen LogP contribution in [0.5, 0.6) is 11.5 Å². The lowest BCUT2D eigenvalue weighted by molar-refractivity contribution is 0.481. The van der Waals surface area contributed by atoms with Crippen LogP contribution in [0, 0.1) is 0 Å². The van der Waals surface area contributed by atoms with Gasteiger partial charge in [0, 0.05) is 9.80 Å². The van der Waals surface area contributed by atoms with Gasteiger partial charge in [-0.05, 0) is 60.2 Å². The summed E-state index contributed by atoms with van der Waals surface area (Å²) >= 11 is 7.02. The van der Waals surface area contributed by atoms with Crippen LogP contribution in [-0.4, -0.2) is 0 Å². The highest BCUT2D eigenvalue weighted by Gasteiger charge is 2.11. The van der Waals surface area contributed by atoms with E-state index in [1.807, 2.05) is 12.1 Å². The molecule has 1 nitrogen and oxygen atoms in total. The van der Waals surface area contributed by atoms with Crippen molar-refractivity contribution in [3.05, 3.63) is 57.6 Å². The zero-order valence-corrected chi connectivity index (χ0v) is 13.6. The Morgan fingerprint density at radius 3 is 2.47 bits per heavy atom. The molecule has 0 amide bonds. The molecule has 3 heteroatoms. The van der Waals surface area contributed by atoms with Gasteiger partial charge in [-0.15, -0.1) is 0 Å². The molecule has 0 N–H and O–H groups in total. The fraction of sp³-hybridized carbons (Fsp3) is 0.250. The van der Waals surface area contributed by atoms with Gasteiger partial charge < -0.3 is 4.74 Å². The lowest BCUT2D eigenvalue weighted by atomic mass is 10.1. The van der Waals surface area contributed by atoms with E-state index in [-0.39, 0.29) is 0 Å². The number of hydrogen-bond acceptors (Lipinski definition) is 1. The molecule has 2 aromatic rings. The number of ether oxygens (including phenoxy) is 1. The summed E-state index contributed by atoms with van der Waals surface area (Å²) in [5.41, 5.74) is 4.14. The molecule has 3 rings (SSSR count). The topological polar surface area (TPSA) is 9.23 Å². The number of hydrogen-bond donors (Lipinski definition) is 0. The Bertz CT molecular complexity index is 608. The molecule has 0 unspecified atom stereocenters. The molecule has 0 heterocycles. The van der Waals surface area contributed by atoms with Crippen molar-refractivity contribution in [2.24, 2.45) is 0 Å². The molecule has 19 heavy (non-hydrogen) atoms. The van der Waals surface area contributed by atoms with E-state index in [2.05, 4.69) is 56.1 Å². The molecule has 1 aliphatic carbocycles. The van der Waals surface area contributed by atoms with Crippen molar-refractivity contribution in [2.45, 2.75) is 24.6 Å². The van der Waals surface area contributed by atoms with Crippen LogP contribution < -0.4 is 4.74 Å². The summed E-state index contributed by atoms with van der Waals surface area (Å²) in [4.78, 5) is 0. The van der Waals surface area contributed by atoms with Gasteiger partial charge in [-0.25, -0.2) is 0 Å². The molecule has 0 bridgehead atoms. The van der Waals surface area contributed by atoms with Gasteiger partial charge in [0.15, 0.2) is 0 Å². The standard InChI is InChI=1S/C16H14Br2O/c17-10-13-5-7-15(9-16(13)18)19-14-6-4-11-2-1-3-12(11)8-14/h4-9H,1-3,10H2. The second-order valence-electron chi connectivity index (χ2n) is 4.77. The van der Waals surface area contributed by atoms with Crippen molar-refractivity contribution in [2.75, 3.05) is 0 Å². The summed E-state index contributed by atoms with van der Waals surface area (Å²) in [5, 5.41) is 0.840. The normalized spacial score (nSPS) is 13.4. The van der Waals surface area contributed by atoms with Gasteiger partial charge in [0.1, 0.15) is 11.5 Å². The van der Waals surface area contributed by atoms with Gasteiger partial charge in [-0.1, -0.05) is 44.0 Å². The smallest absolute Gasteiger partial charge is 0.128 e. The van der Waals surface area contributed by atoms with E-state index in [9.17, 15) is 0 Å². The quantitative estimate of drug-likeness (QED) is 0.626. The van der Waals surface area contributed by atoms with Crippen LogP contribution in [0.25, 0.3) is 0 Å². The molecule has 0 aliphatic heterocycles. The number of halogens is 2. The molecule has 0 saturated heterocycles. The van der Waals surface area contributed by atoms with E-state index in [1.54, 1.807) is 0 Å². The Balaban J connectivity index is 1.83. The highest BCUT2D eigenvalue weighted by Crippen LogP contribution is 2.31. The van der Waals surface area contributed by atoms with Crippen molar-refractivity contribution in [3.8, 4) is 11.5 Å². The zero-order valence-electron chi connectivity index (χ0n) is 10.5. The van der Waals surface area contributed by atoms with E-state index in [0.29, 0.717) is 0 Å². The third-order valence-corrected chi connectivity index (χ3v) is 4.82. The second-order valence-corrected chi connectivity index (χ2v) is 6.19. The molecule has 0 saturated carbocycles. The van der Waals surface area contributed by atoms with Crippen LogP contribution in [0.15, 0.2) is 40.9 Å². The van der Waals surface area contributed by atoms with Crippen LogP contribution in [0.4, 0.5) is 0 Å². The summed E-state index contributed by atoms with van der Waals surface area (Å²) in [6.07, 6.45) is 3.66. The molecule has 0 atom stereocenters. The largest absolute Gasteiger partial charge is 0.457 e. The molecule has 2 aromatic carbocycles. The first-order chi connectivity index (χ1) is 9.26. The van der Waals surface area contributed by atoms with Crippen molar-refractivity contribution >= 4 is 31.9 Å². The average Bonchev–Trinajstić information content (AvgIpc) is 2.86. The third kappa shape index (κ3) is 2.87. The van der Waals surface area contributed by atoms with Crippen molar-refractivity contribution in [3.63, 3.8) is 0 Å². The number of aryl methyl sites for hydroxylation is 2. The maximum absolute atomic E-state index is 5.94. The number of rotatable bonds is 3. The lowest BCUT2D eigenvalue weighted by Gasteiger charge is -2.09. The Kier molecular flexibility index (Phi) is 3.94. The highest BCUT2D eigenvalue weighted by molar-refractivity contribution is 9.10. The van der Waals surface area contributed by atoms with Gasteiger partial charge in [-0.3, -0.25) is 0 Å². The van der Waals surface area contributed by atoms with E-state index >= 15 is 0 Å². The molecule has 0 radical (unpaired) electrons. The fourth-order valence-corrected chi connectivity index (χ4v) is 3.81. The molecule has 98 valence electrons. The number of alkyl halides is 1. The average molecular weight is 382 g/mol. The van der Waals surface area contributed by atoms with E-state index in [0.717, 1.165) is 21.3 Å². The van der Waals surface area contributed by atoms with Gasteiger partial charge in [0.2, 0.25) is 0 Å². The van der Waals surface area contributed by atoms with Gasteiger partial charge in [0.05, 0.1) is 0 Å². The Hall–Kier alpha value is -0.800. The summed E-state index contributed by atoms with van der Waals surface area (Å²) < 4.78 is 7.01. The van der Waals surface area contributed by atoms with E-state index in [1.165, 1.54) is 36.0 Å². The monoisotopic (exact) mass is 380 g/mol. The Labute approximate surface area is 130 Å². The predicted molar refractivity (Wildman–Crippen MR) is 85.3 cm³/mol. The molecule has 0 fully saturated rings. The van der Waals surface area contributed by atoms with Crippen LogP contribution in [0.2, 0.25) is 0 Å². The van der Waals surface area contributed by atoms with Crippen LogP contribution in [0.3, 0.4) is 0 Å². The minimum Gasteiger partial charge on any atom is -0.457 e. The van der Waals surface area contributed by atoms with Gasteiger partial charge >= 0.3 is 0 Å².